The van der Waals surface area contributed by atoms with Crippen LogP contribution in [0.3, 0.4) is 0 Å². The standard InChI is InChI=1S/C14H20N4O/c1-3-8-18-10(2)16-17-14(18)13(15)9-11-4-6-12(19)7-5-11/h4-7,13,19H,3,8-9,15H2,1-2H3/t13-/m0/s1. The minimum absolute atomic E-state index is 0.183. The molecule has 1 aromatic heterocycles. The van der Waals surface area contributed by atoms with Crippen LogP contribution in [0.2, 0.25) is 0 Å². The summed E-state index contributed by atoms with van der Waals surface area (Å²) in [6.45, 7) is 4.95. The molecular formula is C14H20N4O. The Morgan fingerprint density at radius 3 is 2.58 bits per heavy atom. The van der Waals surface area contributed by atoms with Gasteiger partial charge in [0.2, 0.25) is 0 Å². The molecule has 5 nitrogen and oxygen atoms in total. The van der Waals surface area contributed by atoms with Crippen LogP contribution in [0.25, 0.3) is 0 Å². The summed E-state index contributed by atoms with van der Waals surface area (Å²) in [4.78, 5) is 0. The fraction of sp³-hybridized carbons (Fsp3) is 0.429. The van der Waals surface area contributed by atoms with E-state index in [1.807, 2.05) is 19.1 Å². The van der Waals surface area contributed by atoms with Crippen LogP contribution < -0.4 is 5.73 Å². The van der Waals surface area contributed by atoms with Crippen LogP contribution in [0.4, 0.5) is 0 Å². The first-order chi connectivity index (χ1) is 9.11. The average molecular weight is 260 g/mol. The van der Waals surface area contributed by atoms with Crippen molar-refractivity contribution in [2.45, 2.75) is 39.3 Å². The molecule has 2 aromatic rings. The van der Waals surface area contributed by atoms with Crippen molar-refractivity contribution in [3.63, 3.8) is 0 Å². The van der Waals surface area contributed by atoms with Gasteiger partial charge in [-0.3, -0.25) is 0 Å². The lowest BCUT2D eigenvalue weighted by molar-refractivity contribution is 0.475. The molecule has 102 valence electrons. The third kappa shape index (κ3) is 3.12. The van der Waals surface area contributed by atoms with Gasteiger partial charge < -0.3 is 15.4 Å². The molecule has 0 unspecified atom stereocenters. The molecule has 19 heavy (non-hydrogen) atoms. The fourth-order valence-corrected chi connectivity index (χ4v) is 2.15. The molecule has 0 bridgehead atoms. The first-order valence-electron chi connectivity index (χ1n) is 6.55. The van der Waals surface area contributed by atoms with Crippen molar-refractivity contribution in [1.82, 2.24) is 14.8 Å². The zero-order valence-electron chi connectivity index (χ0n) is 11.4. The van der Waals surface area contributed by atoms with E-state index in [-0.39, 0.29) is 11.8 Å². The lowest BCUT2D eigenvalue weighted by Gasteiger charge is -2.13. The van der Waals surface area contributed by atoms with E-state index in [2.05, 4.69) is 21.7 Å². The number of aromatic nitrogens is 3. The van der Waals surface area contributed by atoms with Crippen molar-refractivity contribution in [3.8, 4) is 5.75 Å². The van der Waals surface area contributed by atoms with Crippen molar-refractivity contribution >= 4 is 0 Å². The molecule has 3 N–H and O–H groups in total. The quantitative estimate of drug-likeness (QED) is 0.861. The molecule has 0 spiro atoms. The van der Waals surface area contributed by atoms with Crippen LogP contribution in [0.15, 0.2) is 24.3 Å². The summed E-state index contributed by atoms with van der Waals surface area (Å²) >= 11 is 0. The molecule has 0 saturated heterocycles. The van der Waals surface area contributed by atoms with Crippen molar-refractivity contribution < 1.29 is 5.11 Å². The Morgan fingerprint density at radius 2 is 1.95 bits per heavy atom. The number of phenols is 1. The Hall–Kier alpha value is -1.88. The van der Waals surface area contributed by atoms with Gasteiger partial charge in [0, 0.05) is 6.54 Å². The minimum Gasteiger partial charge on any atom is -0.508 e. The second kappa shape index (κ2) is 5.84. The van der Waals surface area contributed by atoms with E-state index in [9.17, 15) is 5.11 Å². The Bertz CT molecular complexity index is 533. The Kier molecular flexibility index (Phi) is 4.16. The highest BCUT2D eigenvalue weighted by molar-refractivity contribution is 5.26. The summed E-state index contributed by atoms with van der Waals surface area (Å²) in [7, 11) is 0. The van der Waals surface area contributed by atoms with Crippen molar-refractivity contribution in [3.05, 3.63) is 41.5 Å². The van der Waals surface area contributed by atoms with E-state index in [1.165, 1.54) is 0 Å². The number of nitrogens with zero attached hydrogens (tertiary/aromatic N) is 3. The third-order valence-electron chi connectivity index (χ3n) is 3.14. The molecule has 5 heteroatoms. The molecule has 0 saturated carbocycles. The van der Waals surface area contributed by atoms with Gasteiger partial charge in [-0.1, -0.05) is 19.1 Å². The molecule has 0 aliphatic rings. The van der Waals surface area contributed by atoms with Gasteiger partial charge in [-0.15, -0.1) is 10.2 Å². The van der Waals surface area contributed by atoms with Crippen LogP contribution in [0, 0.1) is 6.92 Å². The van der Waals surface area contributed by atoms with Gasteiger partial charge in [0.1, 0.15) is 17.4 Å². The maximum absolute atomic E-state index is 9.27. The van der Waals surface area contributed by atoms with E-state index in [1.54, 1.807) is 12.1 Å². The largest absolute Gasteiger partial charge is 0.508 e. The smallest absolute Gasteiger partial charge is 0.150 e. The summed E-state index contributed by atoms with van der Waals surface area (Å²) in [6, 6.07) is 6.91. The molecule has 0 aliphatic carbocycles. The van der Waals surface area contributed by atoms with E-state index in [0.717, 1.165) is 30.2 Å². The number of phenolic OH excluding ortho intramolecular Hbond substituents is 1. The zero-order chi connectivity index (χ0) is 13.8. The summed E-state index contributed by atoms with van der Waals surface area (Å²) in [5, 5.41) is 17.6. The predicted molar refractivity (Wildman–Crippen MR) is 73.8 cm³/mol. The Labute approximate surface area is 113 Å². The lowest BCUT2D eigenvalue weighted by atomic mass is 10.1. The highest BCUT2D eigenvalue weighted by atomic mass is 16.3. The topological polar surface area (TPSA) is 77.0 Å². The summed E-state index contributed by atoms with van der Waals surface area (Å²) < 4.78 is 2.07. The third-order valence-corrected chi connectivity index (χ3v) is 3.14. The summed E-state index contributed by atoms with van der Waals surface area (Å²) in [5.41, 5.74) is 7.30. The van der Waals surface area contributed by atoms with E-state index in [4.69, 9.17) is 5.73 Å². The highest BCUT2D eigenvalue weighted by Crippen LogP contribution is 2.18. The monoisotopic (exact) mass is 260 g/mol. The average Bonchev–Trinajstić information content (AvgIpc) is 2.75. The molecule has 1 atom stereocenters. The van der Waals surface area contributed by atoms with Crippen molar-refractivity contribution in [2.75, 3.05) is 0 Å². The minimum atomic E-state index is -0.183. The normalized spacial score (nSPS) is 12.6. The Morgan fingerprint density at radius 1 is 1.26 bits per heavy atom. The van der Waals surface area contributed by atoms with Crippen LogP contribution >= 0.6 is 0 Å². The van der Waals surface area contributed by atoms with Crippen LogP contribution in [0.5, 0.6) is 5.75 Å². The second-order valence-electron chi connectivity index (χ2n) is 4.73. The SMILES string of the molecule is CCCn1c(C)nnc1[C@@H](N)Cc1ccc(O)cc1. The van der Waals surface area contributed by atoms with E-state index >= 15 is 0 Å². The molecule has 1 heterocycles. The van der Waals surface area contributed by atoms with Gasteiger partial charge in [0.25, 0.3) is 0 Å². The van der Waals surface area contributed by atoms with Crippen LogP contribution in [0.1, 0.15) is 36.6 Å². The molecule has 0 fully saturated rings. The second-order valence-corrected chi connectivity index (χ2v) is 4.73. The number of aromatic hydroxyl groups is 1. The van der Waals surface area contributed by atoms with Gasteiger partial charge in [0.15, 0.2) is 0 Å². The molecule has 0 aliphatic heterocycles. The molecule has 2 rings (SSSR count). The first kappa shape index (κ1) is 13.5. The summed E-state index contributed by atoms with van der Waals surface area (Å²) in [6.07, 6.45) is 1.71. The van der Waals surface area contributed by atoms with Gasteiger partial charge in [-0.05, 0) is 37.5 Å². The van der Waals surface area contributed by atoms with E-state index in [0.29, 0.717) is 6.42 Å². The van der Waals surface area contributed by atoms with Gasteiger partial charge in [-0.2, -0.15) is 0 Å². The van der Waals surface area contributed by atoms with Crippen molar-refractivity contribution in [2.24, 2.45) is 5.73 Å². The molecule has 1 aromatic carbocycles. The van der Waals surface area contributed by atoms with Crippen LogP contribution in [-0.4, -0.2) is 19.9 Å². The predicted octanol–water partition coefficient (Wildman–Crippen LogP) is 1.94. The summed E-state index contributed by atoms with van der Waals surface area (Å²) in [5.74, 6) is 1.99. The fourth-order valence-electron chi connectivity index (χ4n) is 2.15. The van der Waals surface area contributed by atoms with Crippen LogP contribution in [-0.2, 0) is 13.0 Å². The molecule has 0 amide bonds. The van der Waals surface area contributed by atoms with Crippen molar-refractivity contribution in [1.29, 1.82) is 0 Å². The number of hydrogen-bond acceptors (Lipinski definition) is 4. The first-order valence-corrected chi connectivity index (χ1v) is 6.55. The number of rotatable bonds is 5. The van der Waals surface area contributed by atoms with E-state index < -0.39 is 0 Å². The number of aryl methyl sites for hydroxylation is 1. The Balaban J connectivity index is 2.15. The van der Waals surface area contributed by atoms with Gasteiger partial charge in [0.05, 0.1) is 6.04 Å². The van der Waals surface area contributed by atoms with Gasteiger partial charge >= 0.3 is 0 Å². The molecular weight excluding hydrogens is 240 g/mol. The maximum Gasteiger partial charge on any atom is 0.150 e. The number of benzene rings is 1. The zero-order valence-corrected chi connectivity index (χ0v) is 11.4. The molecule has 0 radical (unpaired) electrons. The maximum atomic E-state index is 9.27. The number of hydrogen-bond donors (Lipinski definition) is 2. The number of nitrogens with two attached hydrogens (primary N) is 1. The lowest BCUT2D eigenvalue weighted by Crippen LogP contribution is -2.19. The highest BCUT2D eigenvalue weighted by Gasteiger charge is 2.16. The van der Waals surface area contributed by atoms with Gasteiger partial charge in [-0.25, -0.2) is 0 Å².